The Balaban J connectivity index is 1.46. The number of urea groups is 1. The van der Waals surface area contributed by atoms with Gasteiger partial charge < -0.3 is 35.1 Å². The smallest absolute Gasteiger partial charge is 0.323 e. The van der Waals surface area contributed by atoms with Gasteiger partial charge in [0, 0.05) is 96.5 Å². The summed E-state index contributed by atoms with van der Waals surface area (Å²) in [5, 5.41) is 2.92. The highest BCUT2D eigenvalue weighted by molar-refractivity contribution is 6.17. The number of hydrogen-bond acceptors (Lipinski definition) is 8. The van der Waals surface area contributed by atoms with Gasteiger partial charge in [-0.1, -0.05) is 25.0 Å². The molecule has 0 aliphatic carbocycles. The molecule has 0 aromatic heterocycles. The minimum Gasteiger partial charge on any atom is -0.456 e. The molecular weight excluding hydrogens is 682 g/mol. The third-order valence-corrected chi connectivity index (χ3v) is 10.2. The molecule has 3 aromatic carbocycles. The minimum atomic E-state index is -1.48. The maximum Gasteiger partial charge on any atom is 0.323 e. The Hall–Kier alpha value is -4.32. The van der Waals surface area contributed by atoms with Crippen molar-refractivity contribution in [3.63, 3.8) is 0 Å². The molecule has 0 saturated heterocycles. The van der Waals surface area contributed by atoms with Crippen molar-refractivity contribution in [1.29, 1.82) is 0 Å². The van der Waals surface area contributed by atoms with E-state index >= 15 is 0 Å². The summed E-state index contributed by atoms with van der Waals surface area (Å²) >= 11 is 5.72. The summed E-state index contributed by atoms with van der Waals surface area (Å²) < 4.78 is 18.0. The Kier molecular flexibility index (Phi) is 13.4. The molecular formula is C40H52ClN5O6. The molecule has 0 fully saturated rings. The quantitative estimate of drug-likeness (QED) is 0.101. The van der Waals surface area contributed by atoms with Crippen LogP contribution in [0.5, 0.6) is 11.5 Å². The number of hydrogen-bond donors (Lipinski definition) is 2. The number of nitrogens with two attached hydrogens (primary N) is 1. The Labute approximate surface area is 312 Å². The summed E-state index contributed by atoms with van der Waals surface area (Å²) in [5.74, 6) is 0.826. The Morgan fingerprint density at radius 2 is 1.35 bits per heavy atom. The number of ether oxygens (including phenoxy) is 3. The highest BCUT2D eigenvalue weighted by Crippen LogP contribution is 2.58. The SMILES string of the molecule is CCN(CC)c1ccc2c(c1)Oc1cc(N(CC)CC)ccc1C21c2cc(C(=O)NCCOCCOCCCCCCCl)ccc2C(=O)N1C(N)=O. The Morgan fingerprint density at radius 1 is 0.769 bits per heavy atom. The van der Waals surface area contributed by atoms with Gasteiger partial charge in [0.1, 0.15) is 17.0 Å². The fourth-order valence-corrected chi connectivity index (χ4v) is 7.49. The van der Waals surface area contributed by atoms with Crippen LogP contribution in [0.15, 0.2) is 54.6 Å². The second-order valence-electron chi connectivity index (χ2n) is 12.8. The van der Waals surface area contributed by atoms with E-state index < -0.39 is 17.5 Å². The van der Waals surface area contributed by atoms with E-state index in [1.54, 1.807) is 18.2 Å². The average molecular weight is 734 g/mol. The van der Waals surface area contributed by atoms with Crippen LogP contribution in [0, 0.1) is 0 Å². The van der Waals surface area contributed by atoms with Gasteiger partial charge in [-0.15, -0.1) is 11.6 Å². The number of halogens is 1. The zero-order valence-corrected chi connectivity index (χ0v) is 31.6. The van der Waals surface area contributed by atoms with E-state index in [9.17, 15) is 14.4 Å². The summed E-state index contributed by atoms with van der Waals surface area (Å²) in [6.07, 6.45) is 4.23. The fourth-order valence-electron chi connectivity index (χ4n) is 7.30. The molecule has 280 valence electrons. The van der Waals surface area contributed by atoms with Gasteiger partial charge in [0.25, 0.3) is 11.8 Å². The van der Waals surface area contributed by atoms with Crippen LogP contribution in [0.4, 0.5) is 16.2 Å². The van der Waals surface area contributed by atoms with Crippen LogP contribution < -0.4 is 25.6 Å². The second-order valence-corrected chi connectivity index (χ2v) is 13.2. The second kappa shape index (κ2) is 17.9. The number of benzene rings is 3. The molecule has 0 radical (unpaired) electrons. The topological polar surface area (TPSA) is 127 Å². The lowest BCUT2D eigenvalue weighted by atomic mass is 9.74. The van der Waals surface area contributed by atoms with Gasteiger partial charge >= 0.3 is 6.03 Å². The highest BCUT2D eigenvalue weighted by Gasteiger charge is 2.58. The number of rotatable bonds is 19. The maximum atomic E-state index is 14.2. The molecule has 4 amide bonds. The monoisotopic (exact) mass is 733 g/mol. The van der Waals surface area contributed by atoms with Crippen molar-refractivity contribution in [2.75, 3.05) is 74.8 Å². The van der Waals surface area contributed by atoms with Crippen molar-refractivity contribution in [1.82, 2.24) is 10.2 Å². The average Bonchev–Trinajstić information content (AvgIpc) is 3.40. The highest BCUT2D eigenvalue weighted by atomic mass is 35.5. The number of anilines is 2. The maximum absolute atomic E-state index is 14.2. The fraction of sp³-hybridized carbons (Fsp3) is 0.475. The molecule has 5 rings (SSSR count). The zero-order valence-electron chi connectivity index (χ0n) is 30.8. The number of imide groups is 1. The number of alkyl halides is 1. The van der Waals surface area contributed by atoms with Gasteiger partial charge in [0.15, 0.2) is 0 Å². The number of amides is 4. The number of carbonyl (C=O) groups is 3. The number of nitrogens with zero attached hydrogens (tertiary/aromatic N) is 3. The van der Waals surface area contributed by atoms with E-state index in [2.05, 4.69) is 42.8 Å². The van der Waals surface area contributed by atoms with E-state index in [1.165, 1.54) is 0 Å². The summed E-state index contributed by atoms with van der Waals surface area (Å²) in [4.78, 5) is 46.7. The first-order chi connectivity index (χ1) is 25.3. The lowest BCUT2D eigenvalue weighted by molar-refractivity contribution is 0.0468. The lowest BCUT2D eigenvalue weighted by Crippen LogP contribution is -2.52. The van der Waals surface area contributed by atoms with Crippen LogP contribution in [0.25, 0.3) is 0 Å². The summed E-state index contributed by atoms with van der Waals surface area (Å²) in [6.45, 7) is 13.7. The number of unbranched alkanes of at least 4 members (excludes halogenated alkanes) is 3. The van der Waals surface area contributed by atoms with Crippen LogP contribution >= 0.6 is 11.6 Å². The van der Waals surface area contributed by atoms with Crippen LogP contribution in [0.1, 0.15) is 90.8 Å². The Morgan fingerprint density at radius 3 is 1.90 bits per heavy atom. The molecule has 52 heavy (non-hydrogen) atoms. The van der Waals surface area contributed by atoms with E-state index in [0.717, 1.165) is 68.1 Å². The van der Waals surface area contributed by atoms with Crippen molar-refractivity contribution in [3.05, 3.63) is 82.4 Å². The van der Waals surface area contributed by atoms with Crippen molar-refractivity contribution in [2.45, 2.75) is 58.9 Å². The normalized spacial score (nSPS) is 13.7. The molecule has 0 atom stereocenters. The third kappa shape index (κ3) is 7.72. The van der Waals surface area contributed by atoms with Crippen molar-refractivity contribution in [3.8, 4) is 11.5 Å². The van der Waals surface area contributed by atoms with E-state index in [-0.39, 0.29) is 18.0 Å². The van der Waals surface area contributed by atoms with Gasteiger partial charge in [-0.25, -0.2) is 9.69 Å². The summed E-state index contributed by atoms with van der Waals surface area (Å²) in [6, 6.07) is 15.6. The molecule has 2 aliphatic heterocycles. The third-order valence-electron chi connectivity index (χ3n) is 9.92. The number of primary amides is 1. The molecule has 3 N–H and O–H groups in total. The van der Waals surface area contributed by atoms with Gasteiger partial charge in [-0.2, -0.15) is 0 Å². The molecule has 2 heterocycles. The number of carbonyl (C=O) groups excluding carboxylic acids is 3. The van der Waals surface area contributed by atoms with Crippen molar-refractivity contribution < 1.29 is 28.6 Å². The first kappa shape index (κ1) is 38.9. The van der Waals surface area contributed by atoms with E-state index in [4.69, 9.17) is 31.5 Å². The number of nitrogens with one attached hydrogen (secondary N) is 1. The minimum absolute atomic E-state index is 0.285. The van der Waals surface area contributed by atoms with Crippen LogP contribution in [0.3, 0.4) is 0 Å². The summed E-state index contributed by atoms with van der Waals surface area (Å²) in [5.41, 5.74) is 8.77. The molecule has 0 unspecified atom stereocenters. The van der Waals surface area contributed by atoms with Crippen LogP contribution in [0.2, 0.25) is 0 Å². The predicted molar refractivity (Wildman–Crippen MR) is 205 cm³/mol. The first-order valence-corrected chi connectivity index (χ1v) is 19.0. The van der Waals surface area contributed by atoms with Crippen molar-refractivity contribution >= 4 is 40.8 Å². The van der Waals surface area contributed by atoms with Crippen LogP contribution in [-0.4, -0.2) is 87.8 Å². The molecule has 12 heteroatoms. The largest absolute Gasteiger partial charge is 0.456 e. The molecule has 1 spiro atoms. The van der Waals surface area contributed by atoms with Gasteiger partial charge in [0.05, 0.1) is 19.8 Å². The lowest BCUT2D eigenvalue weighted by Gasteiger charge is -2.43. The molecule has 0 saturated carbocycles. The zero-order chi connectivity index (χ0) is 37.3. The summed E-state index contributed by atoms with van der Waals surface area (Å²) in [7, 11) is 0. The predicted octanol–water partition coefficient (Wildman–Crippen LogP) is 6.87. The molecule has 0 bridgehead atoms. The number of fused-ring (bicyclic) bond motifs is 6. The van der Waals surface area contributed by atoms with Gasteiger partial charge in [0.2, 0.25) is 0 Å². The molecule has 11 nitrogen and oxygen atoms in total. The Bertz CT molecular complexity index is 1660. The molecule has 3 aromatic rings. The van der Waals surface area contributed by atoms with E-state index in [1.807, 2.05) is 36.4 Å². The molecule has 2 aliphatic rings. The van der Waals surface area contributed by atoms with Gasteiger partial charge in [-0.3, -0.25) is 9.59 Å². The van der Waals surface area contributed by atoms with Gasteiger partial charge in [-0.05, 0) is 70.9 Å². The van der Waals surface area contributed by atoms with Crippen LogP contribution in [-0.2, 0) is 15.0 Å². The van der Waals surface area contributed by atoms with Crippen molar-refractivity contribution in [2.24, 2.45) is 5.73 Å². The first-order valence-electron chi connectivity index (χ1n) is 18.5. The standard InChI is InChI=1S/C40H52ClN5O6/c1-5-44(6-2)29-14-17-32-35(26-29)52-36-27-30(45(7-3)8-4)15-18-33(36)40(32)34-25-28(13-16-31(34)38(48)46(40)39(42)49)37(47)43-20-22-51-24-23-50-21-12-10-9-11-19-41/h13-18,25-27H,5-12,19-24H2,1-4H3,(H2,42,49)(H,43,47). The van der Waals surface area contributed by atoms with E-state index in [0.29, 0.717) is 66.1 Å².